The van der Waals surface area contributed by atoms with Gasteiger partial charge in [-0.3, -0.25) is 4.79 Å². The lowest BCUT2D eigenvalue weighted by Gasteiger charge is -2.05. The van der Waals surface area contributed by atoms with Crippen LogP contribution in [0.3, 0.4) is 0 Å². The quantitative estimate of drug-likeness (QED) is 0.603. The fourth-order valence-electron chi connectivity index (χ4n) is 1.31. The number of ketones is 1. The van der Waals surface area contributed by atoms with E-state index in [0.29, 0.717) is 12.0 Å². The van der Waals surface area contributed by atoms with E-state index in [0.717, 1.165) is 22.2 Å². The number of halogens is 1. The first-order valence-electron chi connectivity index (χ1n) is 5.05. The molecule has 0 saturated carbocycles. The van der Waals surface area contributed by atoms with Crippen LogP contribution in [0.5, 0.6) is 5.75 Å². The van der Waals surface area contributed by atoms with Crippen molar-refractivity contribution in [3.05, 3.63) is 40.4 Å². The van der Waals surface area contributed by atoms with E-state index in [1.54, 1.807) is 25.3 Å². The van der Waals surface area contributed by atoms with Crippen molar-refractivity contribution in [2.75, 3.05) is 7.11 Å². The Morgan fingerprint density at radius 1 is 1.44 bits per heavy atom. The fraction of sp³-hybridized carbons (Fsp3) is 0.308. The lowest BCUT2D eigenvalue weighted by atomic mass is 10.0. The minimum Gasteiger partial charge on any atom is -0.496 e. The largest absolute Gasteiger partial charge is 0.496 e. The molecule has 0 spiro atoms. The third-order valence-electron chi connectivity index (χ3n) is 2.25. The topological polar surface area (TPSA) is 26.3 Å². The SMILES string of the molecule is C=C(C)CCC(=O)c1ccc(OC)c(Br)c1. The summed E-state index contributed by atoms with van der Waals surface area (Å²) in [5, 5.41) is 0. The summed E-state index contributed by atoms with van der Waals surface area (Å²) in [6.45, 7) is 5.71. The van der Waals surface area contributed by atoms with E-state index < -0.39 is 0 Å². The third kappa shape index (κ3) is 3.49. The molecule has 16 heavy (non-hydrogen) atoms. The van der Waals surface area contributed by atoms with Gasteiger partial charge in [0.1, 0.15) is 5.75 Å². The van der Waals surface area contributed by atoms with Gasteiger partial charge in [-0.05, 0) is 47.5 Å². The smallest absolute Gasteiger partial charge is 0.163 e. The Hall–Kier alpha value is -1.09. The summed E-state index contributed by atoms with van der Waals surface area (Å²) in [6, 6.07) is 5.36. The maximum atomic E-state index is 11.8. The van der Waals surface area contributed by atoms with Gasteiger partial charge in [0, 0.05) is 12.0 Å². The van der Waals surface area contributed by atoms with Crippen molar-refractivity contribution in [3.8, 4) is 5.75 Å². The van der Waals surface area contributed by atoms with Crippen LogP contribution in [0.15, 0.2) is 34.8 Å². The molecular weight excluding hydrogens is 268 g/mol. The Morgan fingerprint density at radius 3 is 2.62 bits per heavy atom. The molecular formula is C13H15BrO2. The number of hydrogen-bond donors (Lipinski definition) is 0. The van der Waals surface area contributed by atoms with Crippen LogP contribution < -0.4 is 4.74 Å². The Labute approximate surface area is 104 Å². The molecule has 1 aromatic rings. The summed E-state index contributed by atoms with van der Waals surface area (Å²) in [4.78, 5) is 11.8. The highest BCUT2D eigenvalue weighted by Crippen LogP contribution is 2.26. The average molecular weight is 283 g/mol. The molecule has 0 fully saturated rings. The van der Waals surface area contributed by atoms with Crippen LogP contribution in [-0.2, 0) is 0 Å². The maximum absolute atomic E-state index is 11.8. The predicted molar refractivity (Wildman–Crippen MR) is 69.1 cm³/mol. The van der Waals surface area contributed by atoms with Crippen molar-refractivity contribution < 1.29 is 9.53 Å². The van der Waals surface area contributed by atoms with E-state index in [-0.39, 0.29) is 5.78 Å². The van der Waals surface area contributed by atoms with E-state index >= 15 is 0 Å². The summed E-state index contributed by atoms with van der Waals surface area (Å²) in [5.41, 5.74) is 1.73. The van der Waals surface area contributed by atoms with Gasteiger partial charge in [-0.1, -0.05) is 5.57 Å². The standard InChI is InChI=1S/C13H15BrO2/c1-9(2)4-6-12(15)10-5-7-13(16-3)11(14)8-10/h5,7-8H,1,4,6H2,2-3H3. The number of methoxy groups -OCH3 is 1. The van der Waals surface area contributed by atoms with Gasteiger partial charge in [0.05, 0.1) is 11.6 Å². The summed E-state index contributed by atoms with van der Waals surface area (Å²) >= 11 is 3.36. The lowest BCUT2D eigenvalue weighted by molar-refractivity contribution is 0.0982. The van der Waals surface area contributed by atoms with E-state index in [2.05, 4.69) is 22.5 Å². The van der Waals surface area contributed by atoms with Gasteiger partial charge >= 0.3 is 0 Å². The molecule has 1 aromatic carbocycles. The Bertz CT molecular complexity index is 410. The molecule has 0 amide bonds. The molecule has 1 rings (SSSR count). The number of hydrogen-bond acceptors (Lipinski definition) is 2. The minimum absolute atomic E-state index is 0.131. The summed E-state index contributed by atoms with van der Waals surface area (Å²) in [5.74, 6) is 0.864. The van der Waals surface area contributed by atoms with Crippen molar-refractivity contribution in [2.24, 2.45) is 0 Å². The molecule has 3 heteroatoms. The Balaban J connectivity index is 2.77. The highest BCUT2D eigenvalue weighted by molar-refractivity contribution is 9.10. The van der Waals surface area contributed by atoms with E-state index in [1.165, 1.54) is 0 Å². The lowest BCUT2D eigenvalue weighted by Crippen LogP contribution is -1.99. The van der Waals surface area contributed by atoms with E-state index in [1.807, 2.05) is 6.92 Å². The van der Waals surface area contributed by atoms with Crippen LogP contribution in [-0.4, -0.2) is 12.9 Å². The molecule has 86 valence electrons. The zero-order valence-corrected chi connectivity index (χ0v) is 11.1. The van der Waals surface area contributed by atoms with Crippen LogP contribution in [0.2, 0.25) is 0 Å². The van der Waals surface area contributed by atoms with Crippen LogP contribution in [0.25, 0.3) is 0 Å². The number of Topliss-reactive ketones (excluding diaryl/α,β-unsaturated/α-hetero) is 1. The Kier molecular flexibility index (Phi) is 4.74. The molecule has 0 bridgehead atoms. The molecule has 0 atom stereocenters. The van der Waals surface area contributed by atoms with Gasteiger partial charge in [-0.25, -0.2) is 0 Å². The number of ether oxygens (including phenoxy) is 1. The molecule has 0 heterocycles. The van der Waals surface area contributed by atoms with Crippen molar-refractivity contribution >= 4 is 21.7 Å². The van der Waals surface area contributed by atoms with Gasteiger partial charge in [-0.2, -0.15) is 0 Å². The average Bonchev–Trinajstić information content (AvgIpc) is 2.25. The fourth-order valence-corrected chi connectivity index (χ4v) is 1.85. The van der Waals surface area contributed by atoms with E-state index in [4.69, 9.17) is 4.74 Å². The molecule has 0 aliphatic carbocycles. The molecule has 0 radical (unpaired) electrons. The second-order valence-corrected chi connectivity index (χ2v) is 4.58. The molecule has 2 nitrogen and oxygen atoms in total. The predicted octanol–water partition coefficient (Wildman–Crippen LogP) is 4.00. The first kappa shape index (κ1) is 13.0. The number of carbonyl (C=O) groups is 1. The zero-order chi connectivity index (χ0) is 12.1. The van der Waals surface area contributed by atoms with Crippen molar-refractivity contribution in [2.45, 2.75) is 19.8 Å². The van der Waals surface area contributed by atoms with Crippen molar-refractivity contribution in [1.29, 1.82) is 0 Å². The molecule has 0 N–H and O–H groups in total. The summed E-state index contributed by atoms with van der Waals surface area (Å²) in [7, 11) is 1.60. The second kappa shape index (κ2) is 5.85. The zero-order valence-electron chi connectivity index (χ0n) is 9.55. The molecule has 0 aliphatic heterocycles. The highest BCUT2D eigenvalue weighted by atomic mass is 79.9. The first-order valence-corrected chi connectivity index (χ1v) is 5.85. The maximum Gasteiger partial charge on any atom is 0.163 e. The van der Waals surface area contributed by atoms with Crippen LogP contribution in [0.4, 0.5) is 0 Å². The first-order chi connectivity index (χ1) is 7.54. The number of allylic oxidation sites excluding steroid dienone is 1. The number of benzene rings is 1. The monoisotopic (exact) mass is 282 g/mol. The van der Waals surface area contributed by atoms with Crippen LogP contribution in [0.1, 0.15) is 30.1 Å². The number of carbonyl (C=O) groups excluding carboxylic acids is 1. The van der Waals surface area contributed by atoms with Crippen LogP contribution >= 0.6 is 15.9 Å². The van der Waals surface area contributed by atoms with Crippen molar-refractivity contribution in [1.82, 2.24) is 0 Å². The summed E-state index contributed by atoms with van der Waals surface area (Å²) in [6.07, 6.45) is 1.25. The minimum atomic E-state index is 0.131. The molecule has 0 aliphatic rings. The van der Waals surface area contributed by atoms with Gasteiger partial charge in [0.15, 0.2) is 5.78 Å². The van der Waals surface area contributed by atoms with E-state index in [9.17, 15) is 4.79 Å². The van der Waals surface area contributed by atoms with Crippen molar-refractivity contribution in [3.63, 3.8) is 0 Å². The highest BCUT2D eigenvalue weighted by Gasteiger charge is 2.08. The second-order valence-electron chi connectivity index (χ2n) is 3.73. The third-order valence-corrected chi connectivity index (χ3v) is 2.87. The van der Waals surface area contributed by atoms with Gasteiger partial charge in [0.25, 0.3) is 0 Å². The van der Waals surface area contributed by atoms with Gasteiger partial charge in [-0.15, -0.1) is 6.58 Å². The number of rotatable bonds is 5. The summed E-state index contributed by atoms with van der Waals surface area (Å²) < 4.78 is 5.91. The normalized spacial score (nSPS) is 9.94. The molecule has 0 unspecified atom stereocenters. The molecule has 0 saturated heterocycles. The Morgan fingerprint density at radius 2 is 2.12 bits per heavy atom. The molecule has 0 aromatic heterocycles. The van der Waals surface area contributed by atoms with Gasteiger partial charge < -0.3 is 4.74 Å². The van der Waals surface area contributed by atoms with Gasteiger partial charge in [0.2, 0.25) is 0 Å². The van der Waals surface area contributed by atoms with Crippen LogP contribution in [0, 0.1) is 0 Å².